The van der Waals surface area contributed by atoms with Crippen molar-refractivity contribution in [2.45, 2.75) is 78.1 Å². The quantitative estimate of drug-likeness (QED) is 0.204. The fourth-order valence-corrected chi connectivity index (χ4v) is 6.68. The summed E-state index contributed by atoms with van der Waals surface area (Å²) in [7, 11) is 0. The van der Waals surface area contributed by atoms with Crippen LogP contribution in [0.1, 0.15) is 76.3 Å². The fourth-order valence-electron chi connectivity index (χ4n) is 3.29. The number of nitrogens with zero attached hydrogens (tertiary/aromatic N) is 4. The third kappa shape index (κ3) is 6.65. The van der Waals surface area contributed by atoms with E-state index in [1.165, 1.54) is 62.5 Å². The monoisotopic (exact) mass is 570 g/mol. The summed E-state index contributed by atoms with van der Waals surface area (Å²) in [6, 6.07) is 4.35. The van der Waals surface area contributed by atoms with Crippen molar-refractivity contribution in [3.05, 3.63) is 30.8 Å². The van der Waals surface area contributed by atoms with Crippen LogP contribution in [0.15, 0.2) is 19.7 Å². The minimum atomic E-state index is 0.597. The molecule has 0 aliphatic heterocycles. The molecule has 0 saturated carbocycles. The van der Waals surface area contributed by atoms with Gasteiger partial charge in [0.2, 0.25) is 11.6 Å². The van der Waals surface area contributed by atoms with Gasteiger partial charge in [-0.1, -0.05) is 52.4 Å². The Hall–Kier alpha value is -0.700. The van der Waals surface area contributed by atoms with Gasteiger partial charge in [-0.2, -0.15) is 0 Å². The lowest BCUT2D eigenvalue weighted by molar-refractivity contribution is 0.667. The van der Waals surface area contributed by atoms with E-state index in [2.05, 4.69) is 78.2 Å². The van der Waals surface area contributed by atoms with Gasteiger partial charge in [-0.3, -0.25) is 0 Å². The second-order valence-electron chi connectivity index (χ2n) is 7.49. The molecule has 0 aliphatic rings. The van der Waals surface area contributed by atoms with Gasteiger partial charge in [0, 0.05) is 0 Å². The highest BCUT2D eigenvalue weighted by Crippen LogP contribution is 2.36. The van der Waals surface area contributed by atoms with Crippen LogP contribution in [0.4, 0.5) is 0 Å². The molecule has 0 amide bonds. The number of hydrogen-bond acceptors (Lipinski definition) is 6. The predicted octanol–water partition coefficient (Wildman–Crippen LogP) is 8.49. The molecule has 0 saturated heterocycles. The van der Waals surface area contributed by atoms with Gasteiger partial charge in [-0.15, -0.1) is 43.1 Å². The van der Waals surface area contributed by atoms with Crippen molar-refractivity contribution in [2.24, 2.45) is 0 Å². The normalized spacial score (nSPS) is 11.3. The largest absolute Gasteiger partial charge is 0.213 e. The van der Waals surface area contributed by atoms with E-state index in [0.717, 1.165) is 30.2 Å². The zero-order valence-corrected chi connectivity index (χ0v) is 22.4. The van der Waals surface area contributed by atoms with E-state index < -0.39 is 0 Å². The first kappa shape index (κ1) is 24.0. The molecule has 0 N–H and O–H groups in total. The number of unbranched alkanes of at least 4 members (excludes halogenated alkanes) is 6. The van der Waals surface area contributed by atoms with Gasteiger partial charge in [0.1, 0.15) is 0 Å². The molecule has 0 aliphatic carbocycles. The summed E-state index contributed by atoms with van der Waals surface area (Å²) in [6.07, 6.45) is 12.3. The van der Waals surface area contributed by atoms with Gasteiger partial charge in [-0.05, 0) is 80.8 Å². The first-order chi connectivity index (χ1) is 14.6. The van der Waals surface area contributed by atoms with E-state index >= 15 is 0 Å². The highest BCUT2D eigenvalue weighted by atomic mass is 79.9. The summed E-state index contributed by atoms with van der Waals surface area (Å²) < 4.78 is 2.33. The van der Waals surface area contributed by atoms with Crippen LogP contribution in [-0.2, 0) is 12.8 Å². The van der Waals surface area contributed by atoms with E-state index in [4.69, 9.17) is 0 Å². The Bertz CT molecular complexity index is 847. The Morgan fingerprint density at radius 3 is 1.40 bits per heavy atom. The van der Waals surface area contributed by atoms with E-state index in [1.807, 2.05) is 0 Å². The van der Waals surface area contributed by atoms with Gasteiger partial charge in [0.15, 0.2) is 0 Å². The molecular weight excluding hydrogens is 544 g/mol. The molecule has 0 fully saturated rings. The minimum absolute atomic E-state index is 0.597. The first-order valence-electron chi connectivity index (χ1n) is 10.8. The van der Waals surface area contributed by atoms with E-state index in [-0.39, 0.29) is 0 Å². The summed E-state index contributed by atoms with van der Waals surface area (Å²) >= 11 is 10.7. The number of aryl methyl sites for hydroxylation is 2. The molecule has 3 heterocycles. The average Bonchev–Trinajstić information content (AvgIpc) is 3.31. The molecule has 0 spiro atoms. The van der Waals surface area contributed by atoms with Crippen molar-refractivity contribution in [3.8, 4) is 21.4 Å². The van der Waals surface area contributed by atoms with E-state index in [9.17, 15) is 0 Å². The Labute approximate surface area is 204 Å². The van der Waals surface area contributed by atoms with Gasteiger partial charge in [-0.25, -0.2) is 0 Å². The predicted molar refractivity (Wildman–Crippen MR) is 135 cm³/mol. The van der Waals surface area contributed by atoms with Crippen LogP contribution < -0.4 is 0 Å². The second kappa shape index (κ2) is 12.4. The molecule has 162 valence electrons. The Kier molecular flexibility index (Phi) is 9.87. The molecule has 0 aromatic carbocycles. The van der Waals surface area contributed by atoms with Gasteiger partial charge in [0.25, 0.3) is 0 Å². The maximum absolute atomic E-state index is 4.37. The van der Waals surface area contributed by atoms with Crippen molar-refractivity contribution in [3.63, 3.8) is 0 Å². The molecular formula is C22H28Br2N4S2. The first-order valence-corrected chi connectivity index (χ1v) is 14.0. The molecule has 0 bridgehead atoms. The van der Waals surface area contributed by atoms with Crippen LogP contribution in [0.2, 0.25) is 0 Å². The highest BCUT2D eigenvalue weighted by Gasteiger charge is 2.15. The zero-order chi connectivity index (χ0) is 21.3. The third-order valence-corrected chi connectivity index (χ3v) is 8.95. The molecule has 3 aromatic heterocycles. The van der Waals surface area contributed by atoms with Crippen LogP contribution in [0.3, 0.4) is 0 Å². The van der Waals surface area contributed by atoms with Crippen LogP contribution in [0, 0.1) is 0 Å². The third-order valence-electron chi connectivity index (χ3n) is 5.03. The van der Waals surface area contributed by atoms with Crippen molar-refractivity contribution in [2.75, 3.05) is 0 Å². The number of thiophene rings is 2. The summed E-state index contributed by atoms with van der Waals surface area (Å²) in [5.74, 6) is 1.19. The lowest BCUT2D eigenvalue weighted by Gasteiger charge is -1.98. The summed E-state index contributed by atoms with van der Waals surface area (Å²) in [4.78, 5) is 2.03. The molecule has 8 heteroatoms. The molecule has 0 atom stereocenters. The van der Waals surface area contributed by atoms with Gasteiger partial charge < -0.3 is 0 Å². The van der Waals surface area contributed by atoms with Crippen molar-refractivity contribution in [1.82, 2.24) is 20.4 Å². The van der Waals surface area contributed by atoms with Crippen molar-refractivity contribution in [1.29, 1.82) is 0 Å². The van der Waals surface area contributed by atoms with Gasteiger partial charge in [0.05, 0.1) is 17.3 Å². The second-order valence-corrected chi connectivity index (χ2v) is 12.2. The minimum Gasteiger partial charge on any atom is -0.125 e. The Morgan fingerprint density at radius 1 is 0.633 bits per heavy atom. The van der Waals surface area contributed by atoms with Crippen molar-refractivity contribution >= 4 is 54.5 Å². The topological polar surface area (TPSA) is 51.6 Å². The smallest absolute Gasteiger partial charge is 0.125 e. The maximum Gasteiger partial charge on any atom is 0.213 e. The summed E-state index contributed by atoms with van der Waals surface area (Å²) in [5.41, 5.74) is 2.65. The standard InChI is InChI=1S/C22H28Br2N4S2/c1-3-5-7-9-11-15-13-17(29-19(15)23)21-25-27-22(28-26-21)18-14-16(20(24)30-18)12-10-8-6-4-2/h13-14H,3-12H2,1-2H3. The summed E-state index contributed by atoms with van der Waals surface area (Å²) in [5, 5.41) is 17.5. The van der Waals surface area contributed by atoms with Crippen LogP contribution in [0.25, 0.3) is 21.4 Å². The molecule has 3 rings (SSSR count). The number of hydrogen-bond donors (Lipinski definition) is 0. The lowest BCUT2D eigenvalue weighted by atomic mass is 10.1. The molecule has 30 heavy (non-hydrogen) atoms. The number of rotatable bonds is 12. The van der Waals surface area contributed by atoms with Crippen LogP contribution in [-0.4, -0.2) is 20.4 Å². The molecule has 3 aromatic rings. The average molecular weight is 572 g/mol. The van der Waals surface area contributed by atoms with E-state index in [1.54, 1.807) is 22.7 Å². The number of aromatic nitrogens is 4. The fraction of sp³-hybridized carbons (Fsp3) is 0.545. The van der Waals surface area contributed by atoms with Gasteiger partial charge >= 0.3 is 0 Å². The Balaban J connectivity index is 1.65. The zero-order valence-electron chi connectivity index (χ0n) is 17.6. The Morgan fingerprint density at radius 2 is 1.03 bits per heavy atom. The maximum atomic E-state index is 4.37. The van der Waals surface area contributed by atoms with Crippen LogP contribution >= 0.6 is 54.5 Å². The SMILES string of the molecule is CCCCCCc1cc(-c2nnc(-c3cc(CCCCCC)c(Br)s3)nn2)sc1Br. The lowest BCUT2D eigenvalue weighted by Crippen LogP contribution is -1.97. The highest BCUT2D eigenvalue weighted by molar-refractivity contribution is 9.11. The molecule has 4 nitrogen and oxygen atoms in total. The molecule has 0 radical (unpaired) electrons. The van der Waals surface area contributed by atoms with Crippen molar-refractivity contribution < 1.29 is 0 Å². The number of halogens is 2. The van der Waals surface area contributed by atoms with Crippen LogP contribution in [0.5, 0.6) is 0 Å². The molecule has 0 unspecified atom stereocenters. The van der Waals surface area contributed by atoms with E-state index in [0.29, 0.717) is 11.6 Å². The summed E-state index contributed by atoms with van der Waals surface area (Å²) in [6.45, 7) is 4.48.